The maximum absolute atomic E-state index is 13.7. The molecule has 0 aliphatic carbocycles. The summed E-state index contributed by atoms with van der Waals surface area (Å²) >= 11 is 0. The van der Waals surface area contributed by atoms with Crippen molar-refractivity contribution in [2.75, 3.05) is 5.32 Å². The Morgan fingerprint density at radius 1 is 1.03 bits per heavy atom. The predicted octanol–water partition coefficient (Wildman–Crippen LogP) is 3.02. The Labute approximate surface area is 186 Å². The smallest absolute Gasteiger partial charge is 0.250 e. The lowest BCUT2D eigenvalue weighted by molar-refractivity contribution is -0.143. The first kappa shape index (κ1) is 20.8. The second kappa shape index (κ2) is 6.97. The number of nitrogens with zero attached hydrogens (tertiary/aromatic N) is 1. The molecule has 3 heterocycles. The number of fused-ring (bicyclic) bond motifs is 4. The number of imide groups is 1. The minimum Gasteiger partial charge on any atom is -0.324 e. The third-order valence-corrected chi connectivity index (χ3v) is 7.42. The lowest BCUT2D eigenvalue weighted by Gasteiger charge is -2.30. The number of likely N-dealkylation sites (tertiary alicyclic amines) is 1. The zero-order chi connectivity index (χ0) is 22.9. The van der Waals surface area contributed by atoms with Crippen LogP contribution in [0.25, 0.3) is 0 Å². The molecular formula is C25H26FN3O3. The fourth-order valence-corrected chi connectivity index (χ4v) is 5.61. The first-order valence-corrected chi connectivity index (χ1v) is 11.0. The quantitative estimate of drug-likeness (QED) is 0.727. The second-order valence-electron chi connectivity index (χ2n) is 9.50. The largest absolute Gasteiger partial charge is 0.324 e. The number of halogens is 1. The number of nitrogens with one attached hydrogen (secondary N) is 2. The highest BCUT2D eigenvalue weighted by Gasteiger charge is 2.70. The summed E-state index contributed by atoms with van der Waals surface area (Å²) in [5.74, 6) is -2.74. The van der Waals surface area contributed by atoms with Crippen molar-refractivity contribution in [3.05, 3.63) is 64.5 Å². The van der Waals surface area contributed by atoms with Crippen molar-refractivity contribution >= 4 is 23.4 Å². The molecule has 6 nitrogen and oxygen atoms in total. The van der Waals surface area contributed by atoms with Gasteiger partial charge < -0.3 is 5.32 Å². The predicted molar refractivity (Wildman–Crippen MR) is 117 cm³/mol. The molecule has 32 heavy (non-hydrogen) atoms. The normalized spacial score (nSPS) is 28.6. The lowest BCUT2D eigenvalue weighted by Crippen LogP contribution is -2.53. The van der Waals surface area contributed by atoms with Crippen LogP contribution in [0, 0.1) is 37.4 Å². The highest BCUT2D eigenvalue weighted by molar-refractivity contribution is 6.15. The molecule has 3 amide bonds. The number of aryl methyl sites for hydroxylation is 1. The maximum atomic E-state index is 13.7. The number of carbonyl (C=O) groups is 3. The monoisotopic (exact) mass is 435 g/mol. The molecule has 0 saturated carbocycles. The average molecular weight is 435 g/mol. The van der Waals surface area contributed by atoms with Crippen LogP contribution in [0.4, 0.5) is 10.1 Å². The van der Waals surface area contributed by atoms with Gasteiger partial charge in [0.25, 0.3) is 0 Å². The van der Waals surface area contributed by atoms with Crippen LogP contribution in [0.3, 0.4) is 0 Å². The van der Waals surface area contributed by atoms with Crippen molar-refractivity contribution in [1.29, 1.82) is 0 Å². The number of hydrogen-bond donors (Lipinski definition) is 2. The summed E-state index contributed by atoms with van der Waals surface area (Å²) in [5.41, 5.74) is 2.84. The molecule has 3 aliphatic heterocycles. The zero-order valence-electron chi connectivity index (χ0n) is 18.5. The Balaban J connectivity index is 1.62. The molecule has 1 spiro atoms. The van der Waals surface area contributed by atoms with Gasteiger partial charge in [-0.25, -0.2) is 4.39 Å². The van der Waals surface area contributed by atoms with E-state index in [-0.39, 0.29) is 42.0 Å². The van der Waals surface area contributed by atoms with Gasteiger partial charge in [0.1, 0.15) is 11.4 Å². The molecule has 0 unspecified atom stereocenters. The molecule has 7 heteroatoms. The molecule has 0 radical (unpaired) electrons. The van der Waals surface area contributed by atoms with Gasteiger partial charge in [-0.05, 0) is 48.6 Å². The van der Waals surface area contributed by atoms with Crippen LogP contribution in [-0.4, -0.2) is 28.7 Å². The first-order valence-electron chi connectivity index (χ1n) is 11.0. The van der Waals surface area contributed by atoms with E-state index in [1.165, 1.54) is 17.0 Å². The Kier molecular flexibility index (Phi) is 4.53. The van der Waals surface area contributed by atoms with E-state index < -0.39 is 17.4 Å². The van der Waals surface area contributed by atoms with E-state index in [1.807, 2.05) is 39.8 Å². The van der Waals surface area contributed by atoms with Crippen molar-refractivity contribution in [3.8, 4) is 0 Å². The van der Waals surface area contributed by atoms with Crippen LogP contribution in [0.2, 0.25) is 0 Å². The average Bonchev–Trinajstić information content (AvgIpc) is 3.34. The molecule has 2 fully saturated rings. The van der Waals surface area contributed by atoms with Crippen LogP contribution in [0.15, 0.2) is 36.4 Å². The van der Waals surface area contributed by atoms with Gasteiger partial charge in [0.15, 0.2) is 0 Å². The molecule has 2 aromatic carbocycles. The minimum atomic E-state index is -1.28. The number of rotatable bonds is 3. The van der Waals surface area contributed by atoms with E-state index in [0.29, 0.717) is 5.56 Å². The molecule has 0 bridgehead atoms. The standard InChI is InChI=1S/C25H26FN3O3/c1-12(2)20-18-19(23(31)29(22(18)30)11-15-6-8-16(26)9-7-15)25(28-20)17-10-5-13(3)14(4)21(17)27-24(25)32/h5-10,12,18-20,28H,11H2,1-4H3,(H,27,32)/t18-,19-,20-,25+/m0/s1. The Morgan fingerprint density at radius 3 is 2.38 bits per heavy atom. The third-order valence-electron chi connectivity index (χ3n) is 7.42. The SMILES string of the molecule is Cc1ccc2c(c1C)NC(=O)[C@@]21N[C@@H](C(C)C)[C@H]2C(=O)N(Cc3ccc(F)cc3)C(=O)[C@H]21. The Morgan fingerprint density at radius 2 is 1.72 bits per heavy atom. The summed E-state index contributed by atoms with van der Waals surface area (Å²) in [5, 5.41) is 6.44. The van der Waals surface area contributed by atoms with Crippen molar-refractivity contribution in [2.45, 2.75) is 45.8 Å². The van der Waals surface area contributed by atoms with Gasteiger partial charge in [0.2, 0.25) is 17.7 Å². The van der Waals surface area contributed by atoms with E-state index in [4.69, 9.17) is 0 Å². The van der Waals surface area contributed by atoms with E-state index in [9.17, 15) is 18.8 Å². The molecule has 4 atom stereocenters. The van der Waals surface area contributed by atoms with Gasteiger partial charge in [0.05, 0.1) is 18.4 Å². The summed E-state index contributed by atoms with van der Waals surface area (Å²) in [6.45, 7) is 7.96. The van der Waals surface area contributed by atoms with Gasteiger partial charge in [0, 0.05) is 17.3 Å². The summed E-state index contributed by atoms with van der Waals surface area (Å²) in [4.78, 5) is 42.0. The molecule has 2 aromatic rings. The highest BCUT2D eigenvalue weighted by atomic mass is 19.1. The molecular weight excluding hydrogens is 409 g/mol. The number of amides is 3. The molecule has 2 saturated heterocycles. The van der Waals surface area contributed by atoms with Gasteiger partial charge in [-0.2, -0.15) is 0 Å². The van der Waals surface area contributed by atoms with E-state index in [2.05, 4.69) is 10.6 Å². The third kappa shape index (κ3) is 2.64. The number of benzene rings is 2. The fraction of sp³-hybridized carbons (Fsp3) is 0.400. The van der Waals surface area contributed by atoms with Crippen LogP contribution in [0.1, 0.15) is 36.1 Å². The first-order chi connectivity index (χ1) is 15.2. The summed E-state index contributed by atoms with van der Waals surface area (Å²) < 4.78 is 13.3. The summed E-state index contributed by atoms with van der Waals surface area (Å²) in [7, 11) is 0. The lowest BCUT2D eigenvalue weighted by atomic mass is 9.75. The fourth-order valence-electron chi connectivity index (χ4n) is 5.61. The van der Waals surface area contributed by atoms with Crippen LogP contribution in [0.5, 0.6) is 0 Å². The van der Waals surface area contributed by atoms with Gasteiger partial charge in [-0.15, -0.1) is 0 Å². The van der Waals surface area contributed by atoms with E-state index in [1.54, 1.807) is 12.1 Å². The van der Waals surface area contributed by atoms with Crippen molar-refractivity contribution in [3.63, 3.8) is 0 Å². The molecule has 0 aromatic heterocycles. The van der Waals surface area contributed by atoms with E-state index in [0.717, 1.165) is 22.4 Å². The number of hydrogen-bond acceptors (Lipinski definition) is 4. The highest BCUT2D eigenvalue weighted by Crippen LogP contribution is 2.54. The second-order valence-corrected chi connectivity index (χ2v) is 9.50. The van der Waals surface area contributed by atoms with Crippen molar-refractivity contribution in [1.82, 2.24) is 10.2 Å². The van der Waals surface area contributed by atoms with Crippen molar-refractivity contribution < 1.29 is 18.8 Å². The van der Waals surface area contributed by atoms with E-state index >= 15 is 0 Å². The number of anilines is 1. The zero-order valence-corrected chi connectivity index (χ0v) is 18.5. The van der Waals surface area contributed by atoms with Crippen LogP contribution < -0.4 is 10.6 Å². The Bertz CT molecular complexity index is 1160. The van der Waals surface area contributed by atoms with Crippen molar-refractivity contribution in [2.24, 2.45) is 17.8 Å². The Hall–Kier alpha value is -3.06. The van der Waals surface area contributed by atoms with Crippen LogP contribution in [-0.2, 0) is 26.5 Å². The topological polar surface area (TPSA) is 78.5 Å². The summed E-state index contributed by atoms with van der Waals surface area (Å²) in [6.07, 6.45) is 0. The summed E-state index contributed by atoms with van der Waals surface area (Å²) in [6, 6.07) is 9.28. The van der Waals surface area contributed by atoms with Crippen LogP contribution >= 0.6 is 0 Å². The minimum absolute atomic E-state index is 0.0350. The molecule has 5 rings (SSSR count). The molecule has 3 aliphatic rings. The number of carbonyl (C=O) groups excluding carboxylic acids is 3. The molecule has 2 N–H and O–H groups in total. The van der Waals surface area contributed by atoms with Gasteiger partial charge in [-0.3, -0.25) is 24.6 Å². The van der Waals surface area contributed by atoms with Gasteiger partial charge >= 0.3 is 0 Å². The molecule has 166 valence electrons. The maximum Gasteiger partial charge on any atom is 0.250 e. The van der Waals surface area contributed by atoms with Gasteiger partial charge in [-0.1, -0.05) is 38.1 Å².